The van der Waals surface area contributed by atoms with E-state index in [9.17, 15) is 9.18 Å². The number of rotatable bonds is 3. The zero-order valence-electron chi connectivity index (χ0n) is 7.73. The molecule has 1 heterocycles. The number of nitrogens with one attached hydrogen (secondary N) is 2. The Hall–Kier alpha value is -1.32. The van der Waals surface area contributed by atoms with Crippen LogP contribution in [0.2, 0.25) is 0 Å². The first-order valence-electron chi connectivity index (χ1n) is 4.15. The van der Waals surface area contributed by atoms with Crippen molar-refractivity contribution in [2.45, 2.75) is 19.9 Å². The van der Waals surface area contributed by atoms with Crippen LogP contribution in [0.15, 0.2) is 12.4 Å². The Morgan fingerprint density at radius 2 is 2.38 bits per heavy atom. The van der Waals surface area contributed by atoms with E-state index < -0.39 is 12.7 Å². The van der Waals surface area contributed by atoms with Gasteiger partial charge in [-0.3, -0.25) is 4.79 Å². The zero-order chi connectivity index (χ0) is 9.84. The summed E-state index contributed by atoms with van der Waals surface area (Å²) >= 11 is 0. The lowest BCUT2D eigenvalue weighted by molar-refractivity contribution is 0.0933. The summed E-state index contributed by atoms with van der Waals surface area (Å²) in [7, 11) is 0. The standard InChI is InChI=1S/C9H13FN2O/c1-6-4-11-5-8(6)9(13)12-7(2)3-10/h4-5,7,11H,3H2,1-2H3,(H,12,13). The minimum Gasteiger partial charge on any atom is -0.367 e. The molecule has 0 saturated carbocycles. The summed E-state index contributed by atoms with van der Waals surface area (Å²) in [6.07, 6.45) is 3.34. The topological polar surface area (TPSA) is 44.9 Å². The van der Waals surface area contributed by atoms with Gasteiger partial charge in [0.25, 0.3) is 5.91 Å². The molecule has 0 aromatic carbocycles. The Kier molecular flexibility index (Phi) is 3.06. The molecule has 1 aromatic rings. The van der Waals surface area contributed by atoms with Gasteiger partial charge in [-0.25, -0.2) is 4.39 Å². The van der Waals surface area contributed by atoms with Gasteiger partial charge in [0.2, 0.25) is 0 Å². The lowest BCUT2D eigenvalue weighted by atomic mass is 10.2. The summed E-state index contributed by atoms with van der Waals surface area (Å²) in [6, 6.07) is -0.429. The highest BCUT2D eigenvalue weighted by molar-refractivity contribution is 5.95. The number of aromatic amines is 1. The molecule has 3 nitrogen and oxygen atoms in total. The monoisotopic (exact) mass is 184 g/mol. The summed E-state index contributed by atoms with van der Waals surface area (Å²) in [5.74, 6) is -0.232. The van der Waals surface area contributed by atoms with Crippen LogP contribution >= 0.6 is 0 Å². The summed E-state index contributed by atoms with van der Waals surface area (Å²) in [5.41, 5.74) is 1.43. The zero-order valence-corrected chi connectivity index (χ0v) is 7.73. The van der Waals surface area contributed by atoms with Gasteiger partial charge in [-0.15, -0.1) is 0 Å². The first-order chi connectivity index (χ1) is 6.15. The van der Waals surface area contributed by atoms with E-state index in [4.69, 9.17) is 0 Å². The van der Waals surface area contributed by atoms with E-state index in [0.717, 1.165) is 5.56 Å². The molecule has 1 rings (SSSR count). The van der Waals surface area contributed by atoms with Gasteiger partial charge in [0.1, 0.15) is 6.67 Å². The Bertz CT molecular complexity index is 296. The number of aromatic nitrogens is 1. The van der Waals surface area contributed by atoms with Crippen molar-refractivity contribution in [2.24, 2.45) is 0 Å². The Labute approximate surface area is 76.3 Å². The lowest BCUT2D eigenvalue weighted by Gasteiger charge is -2.08. The molecule has 1 aromatic heterocycles. The molecular formula is C9H13FN2O. The smallest absolute Gasteiger partial charge is 0.253 e. The molecule has 13 heavy (non-hydrogen) atoms. The fourth-order valence-corrected chi connectivity index (χ4v) is 1.03. The molecule has 1 unspecified atom stereocenters. The van der Waals surface area contributed by atoms with E-state index in [0.29, 0.717) is 5.56 Å². The van der Waals surface area contributed by atoms with E-state index in [1.54, 1.807) is 19.3 Å². The molecule has 1 atom stereocenters. The fourth-order valence-electron chi connectivity index (χ4n) is 1.03. The quantitative estimate of drug-likeness (QED) is 0.733. The van der Waals surface area contributed by atoms with Crippen LogP contribution in [0.4, 0.5) is 4.39 Å². The Morgan fingerprint density at radius 1 is 1.69 bits per heavy atom. The van der Waals surface area contributed by atoms with E-state index in [2.05, 4.69) is 10.3 Å². The van der Waals surface area contributed by atoms with Crippen LogP contribution in [0.5, 0.6) is 0 Å². The van der Waals surface area contributed by atoms with Gasteiger partial charge in [-0.2, -0.15) is 0 Å². The number of aryl methyl sites for hydroxylation is 1. The van der Waals surface area contributed by atoms with E-state index in [1.165, 1.54) is 0 Å². The van der Waals surface area contributed by atoms with Crippen molar-refractivity contribution in [3.8, 4) is 0 Å². The van der Waals surface area contributed by atoms with E-state index in [-0.39, 0.29) is 5.91 Å². The molecule has 4 heteroatoms. The second-order valence-electron chi connectivity index (χ2n) is 3.08. The number of H-pyrrole nitrogens is 1. The van der Waals surface area contributed by atoms with Crippen molar-refractivity contribution in [1.29, 1.82) is 0 Å². The third-order valence-electron chi connectivity index (χ3n) is 1.81. The maximum atomic E-state index is 12.1. The molecule has 0 bridgehead atoms. The second-order valence-corrected chi connectivity index (χ2v) is 3.08. The highest BCUT2D eigenvalue weighted by Gasteiger charge is 2.11. The number of alkyl halides is 1. The Balaban J connectivity index is 2.64. The van der Waals surface area contributed by atoms with Crippen molar-refractivity contribution in [3.05, 3.63) is 23.5 Å². The van der Waals surface area contributed by atoms with Gasteiger partial charge in [-0.05, 0) is 19.4 Å². The minimum atomic E-state index is -0.546. The number of carbonyl (C=O) groups is 1. The number of halogens is 1. The van der Waals surface area contributed by atoms with Crippen molar-refractivity contribution in [3.63, 3.8) is 0 Å². The number of hydrogen-bond donors (Lipinski definition) is 2. The number of carbonyl (C=O) groups excluding carboxylic acids is 1. The average Bonchev–Trinajstić information content (AvgIpc) is 2.51. The van der Waals surface area contributed by atoms with Crippen LogP contribution < -0.4 is 5.32 Å². The van der Waals surface area contributed by atoms with Crippen LogP contribution in [-0.2, 0) is 0 Å². The summed E-state index contributed by atoms with van der Waals surface area (Å²) in [6.45, 7) is 2.90. The first-order valence-corrected chi connectivity index (χ1v) is 4.15. The highest BCUT2D eigenvalue weighted by Crippen LogP contribution is 2.05. The van der Waals surface area contributed by atoms with E-state index >= 15 is 0 Å². The van der Waals surface area contributed by atoms with Crippen LogP contribution in [0.1, 0.15) is 22.8 Å². The van der Waals surface area contributed by atoms with Crippen molar-refractivity contribution >= 4 is 5.91 Å². The predicted molar refractivity (Wildman–Crippen MR) is 48.4 cm³/mol. The van der Waals surface area contributed by atoms with Crippen molar-refractivity contribution < 1.29 is 9.18 Å². The van der Waals surface area contributed by atoms with Crippen LogP contribution in [0.3, 0.4) is 0 Å². The number of amides is 1. The third kappa shape index (κ3) is 2.31. The average molecular weight is 184 g/mol. The predicted octanol–water partition coefficient (Wildman–Crippen LogP) is 1.41. The maximum Gasteiger partial charge on any atom is 0.253 e. The van der Waals surface area contributed by atoms with Gasteiger partial charge in [0.05, 0.1) is 11.6 Å². The molecule has 1 amide bonds. The molecule has 0 aliphatic carbocycles. The molecule has 72 valence electrons. The first kappa shape index (κ1) is 9.77. The van der Waals surface area contributed by atoms with Crippen molar-refractivity contribution in [1.82, 2.24) is 10.3 Å². The Morgan fingerprint density at radius 3 is 2.85 bits per heavy atom. The second kappa shape index (κ2) is 4.07. The largest absolute Gasteiger partial charge is 0.367 e. The molecule has 0 saturated heterocycles. The molecular weight excluding hydrogens is 171 g/mol. The summed E-state index contributed by atoms with van der Waals surface area (Å²) in [5, 5.41) is 2.54. The van der Waals surface area contributed by atoms with Gasteiger partial charge >= 0.3 is 0 Å². The molecule has 0 fully saturated rings. The molecule has 0 radical (unpaired) electrons. The molecule has 0 spiro atoms. The van der Waals surface area contributed by atoms with Gasteiger partial charge in [0.15, 0.2) is 0 Å². The minimum absolute atomic E-state index is 0.232. The summed E-state index contributed by atoms with van der Waals surface area (Å²) in [4.78, 5) is 14.2. The van der Waals surface area contributed by atoms with Gasteiger partial charge in [-0.1, -0.05) is 0 Å². The SMILES string of the molecule is Cc1c[nH]cc1C(=O)NC(C)CF. The van der Waals surface area contributed by atoms with Gasteiger partial charge < -0.3 is 10.3 Å². The highest BCUT2D eigenvalue weighted by atomic mass is 19.1. The van der Waals surface area contributed by atoms with Crippen LogP contribution in [0.25, 0.3) is 0 Å². The van der Waals surface area contributed by atoms with Crippen LogP contribution in [0, 0.1) is 6.92 Å². The maximum absolute atomic E-state index is 12.1. The molecule has 2 N–H and O–H groups in total. The fraction of sp³-hybridized carbons (Fsp3) is 0.444. The lowest BCUT2D eigenvalue weighted by Crippen LogP contribution is -2.34. The third-order valence-corrected chi connectivity index (χ3v) is 1.81. The van der Waals surface area contributed by atoms with Crippen LogP contribution in [-0.4, -0.2) is 23.6 Å². The normalized spacial score (nSPS) is 12.5. The van der Waals surface area contributed by atoms with Gasteiger partial charge in [0, 0.05) is 12.4 Å². The van der Waals surface area contributed by atoms with Crippen molar-refractivity contribution in [2.75, 3.05) is 6.67 Å². The number of hydrogen-bond acceptors (Lipinski definition) is 1. The van der Waals surface area contributed by atoms with E-state index in [1.807, 2.05) is 6.92 Å². The molecule has 0 aliphatic rings. The summed E-state index contributed by atoms with van der Waals surface area (Å²) < 4.78 is 12.1. The molecule has 0 aliphatic heterocycles.